The van der Waals surface area contributed by atoms with Crippen molar-refractivity contribution in [3.8, 4) is 0 Å². The predicted molar refractivity (Wildman–Crippen MR) is 84.9 cm³/mol. The first kappa shape index (κ1) is 13.6. The quantitative estimate of drug-likeness (QED) is 0.885. The average Bonchev–Trinajstić information content (AvgIpc) is 2.74. The van der Waals surface area contributed by atoms with Crippen molar-refractivity contribution in [2.24, 2.45) is 17.8 Å². The van der Waals surface area contributed by atoms with Gasteiger partial charge in [-0.3, -0.25) is 0 Å². The number of rotatable bonds is 3. The zero-order valence-corrected chi connectivity index (χ0v) is 13.3. The Labute approximate surface area is 129 Å². The summed E-state index contributed by atoms with van der Waals surface area (Å²) < 4.78 is 0. The molecule has 21 heavy (non-hydrogen) atoms. The summed E-state index contributed by atoms with van der Waals surface area (Å²) in [7, 11) is 0. The fourth-order valence-electron chi connectivity index (χ4n) is 5.80. The summed E-state index contributed by atoms with van der Waals surface area (Å²) in [4.78, 5) is 13.2. The molecule has 0 aromatic carbocycles. The van der Waals surface area contributed by atoms with Gasteiger partial charge < -0.3 is 10.8 Å². The van der Waals surface area contributed by atoms with E-state index in [1.165, 1.54) is 54.7 Å². The molecule has 1 aromatic heterocycles. The van der Waals surface area contributed by atoms with Crippen LogP contribution in [-0.2, 0) is 11.8 Å². The highest BCUT2D eigenvalue weighted by Crippen LogP contribution is 2.62. The van der Waals surface area contributed by atoms with Crippen molar-refractivity contribution in [2.45, 2.75) is 57.3 Å². The molecule has 0 unspecified atom stereocenters. The van der Waals surface area contributed by atoms with Gasteiger partial charge in [-0.15, -0.1) is 11.3 Å². The van der Waals surface area contributed by atoms with Crippen LogP contribution < -0.4 is 5.73 Å². The lowest BCUT2D eigenvalue weighted by atomic mass is 9.49. The first-order chi connectivity index (χ1) is 10.0. The molecule has 4 heteroatoms. The standard InChI is InChI=1S/C17H23NO2S/c1-2-12-13(18)14(16(19)20)21-15(12)17-6-9-3-10(7-17)5-11(4-9)8-17/h9-11H,2-8,18H2,1H3,(H,19,20). The Hall–Kier alpha value is -1.03. The van der Waals surface area contributed by atoms with Crippen LogP contribution in [0.2, 0.25) is 0 Å². The van der Waals surface area contributed by atoms with E-state index in [-0.39, 0.29) is 5.41 Å². The van der Waals surface area contributed by atoms with E-state index in [9.17, 15) is 9.90 Å². The molecule has 1 heterocycles. The first-order valence-electron chi connectivity index (χ1n) is 8.17. The van der Waals surface area contributed by atoms with Crippen molar-refractivity contribution in [1.82, 2.24) is 0 Å². The van der Waals surface area contributed by atoms with Crippen LogP contribution in [-0.4, -0.2) is 11.1 Å². The SMILES string of the molecule is CCc1c(C23CC4CC(CC(C4)C2)C3)sc(C(=O)O)c1N. The van der Waals surface area contributed by atoms with Crippen LogP contribution in [0.15, 0.2) is 0 Å². The van der Waals surface area contributed by atoms with E-state index in [0.717, 1.165) is 29.7 Å². The van der Waals surface area contributed by atoms with E-state index in [1.54, 1.807) is 0 Å². The summed E-state index contributed by atoms with van der Waals surface area (Å²) in [6, 6.07) is 0. The summed E-state index contributed by atoms with van der Waals surface area (Å²) >= 11 is 1.48. The Morgan fingerprint density at radius 2 is 1.76 bits per heavy atom. The van der Waals surface area contributed by atoms with Gasteiger partial charge in [-0.05, 0) is 68.3 Å². The molecule has 3 nitrogen and oxygen atoms in total. The molecule has 5 rings (SSSR count). The van der Waals surface area contributed by atoms with Gasteiger partial charge in [0.1, 0.15) is 4.88 Å². The maximum atomic E-state index is 11.5. The van der Waals surface area contributed by atoms with E-state index in [4.69, 9.17) is 5.73 Å². The summed E-state index contributed by atoms with van der Waals surface area (Å²) in [6.45, 7) is 2.11. The third-order valence-corrected chi connectivity index (χ3v) is 7.60. The third kappa shape index (κ3) is 1.88. The number of aromatic carboxylic acids is 1. The van der Waals surface area contributed by atoms with E-state index in [0.29, 0.717) is 10.6 Å². The second kappa shape index (κ2) is 4.48. The molecule has 0 amide bonds. The number of carboxylic acid groups (broad SMARTS) is 1. The minimum absolute atomic E-state index is 0.257. The van der Waals surface area contributed by atoms with Crippen LogP contribution in [0.5, 0.6) is 0 Å². The number of carbonyl (C=O) groups is 1. The zero-order valence-electron chi connectivity index (χ0n) is 12.5. The molecule has 4 bridgehead atoms. The lowest BCUT2D eigenvalue weighted by Crippen LogP contribution is -2.48. The summed E-state index contributed by atoms with van der Waals surface area (Å²) in [5, 5.41) is 9.41. The lowest BCUT2D eigenvalue weighted by Gasteiger charge is -2.56. The van der Waals surface area contributed by atoms with Crippen LogP contribution in [0.3, 0.4) is 0 Å². The topological polar surface area (TPSA) is 63.3 Å². The van der Waals surface area contributed by atoms with E-state index in [1.807, 2.05) is 0 Å². The molecule has 1 aromatic rings. The molecule has 4 aliphatic rings. The highest BCUT2D eigenvalue weighted by molar-refractivity contribution is 7.15. The zero-order chi connectivity index (χ0) is 14.8. The smallest absolute Gasteiger partial charge is 0.348 e. The van der Waals surface area contributed by atoms with Gasteiger partial charge in [-0.1, -0.05) is 6.92 Å². The molecule has 0 atom stereocenters. The van der Waals surface area contributed by atoms with Crippen molar-refractivity contribution in [1.29, 1.82) is 0 Å². The molecule has 0 spiro atoms. The molecule has 0 aliphatic heterocycles. The van der Waals surface area contributed by atoms with Crippen molar-refractivity contribution in [2.75, 3.05) is 5.73 Å². The molecular formula is C17H23NO2S. The van der Waals surface area contributed by atoms with E-state index >= 15 is 0 Å². The first-order valence-corrected chi connectivity index (χ1v) is 8.99. The fraction of sp³-hybridized carbons (Fsp3) is 0.706. The van der Waals surface area contributed by atoms with Crippen molar-refractivity contribution >= 4 is 23.0 Å². The van der Waals surface area contributed by atoms with Gasteiger partial charge in [0, 0.05) is 10.3 Å². The number of thiophene rings is 1. The van der Waals surface area contributed by atoms with Gasteiger partial charge in [0.25, 0.3) is 0 Å². The highest BCUT2D eigenvalue weighted by atomic mass is 32.1. The van der Waals surface area contributed by atoms with E-state index in [2.05, 4.69) is 6.92 Å². The summed E-state index contributed by atoms with van der Waals surface area (Å²) in [5.41, 5.74) is 8.10. The van der Waals surface area contributed by atoms with Crippen LogP contribution in [0.1, 0.15) is 65.6 Å². The second-order valence-electron chi connectivity index (χ2n) is 7.51. The number of hydrogen-bond acceptors (Lipinski definition) is 3. The minimum Gasteiger partial charge on any atom is -0.477 e. The Balaban J connectivity index is 1.83. The van der Waals surface area contributed by atoms with E-state index < -0.39 is 5.97 Å². The second-order valence-corrected chi connectivity index (χ2v) is 8.53. The van der Waals surface area contributed by atoms with Gasteiger partial charge in [0.15, 0.2) is 0 Å². The van der Waals surface area contributed by atoms with Gasteiger partial charge in [0.2, 0.25) is 0 Å². The van der Waals surface area contributed by atoms with Gasteiger partial charge in [-0.2, -0.15) is 0 Å². The third-order valence-electron chi connectivity index (χ3n) is 6.12. The highest BCUT2D eigenvalue weighted by Gasteiger charge is 2.53. The van der Waals surface area contributed by atoms with Crippen molar-refractivity contribution < 1.29 is 9.90 Å². The molecule has 0 radical (unpaired) electrons. The van der Waals surface area contributed by atoms with Gasteiger partial charge in [-0.25, -0.2) is 4.79 Å². The normalized spacial score (nSPS) is 37.1. The summed E-state index contributed by atoms with van der Waals surface area (Å²) in [5.74, 6) is 1.76. The lowest BCUT2D eigenvalue weighted by molar-refractivity contribution is -0.00378. The fourth-order valence-corrected chi connectivity index (χ4v) is 7.17. The van der Waals surface area contributed by atoms with Gasteiger partial charge >= 0.3 is 5.97 Å². The maximum Gasteiger partial charge on any atom is 0.348 e. The number of nitrogens with two attached hydrogens (primary N) is 1. The Morgan fingerprint density at radius 1 is 1.24 bits per heavy atom. The van der Waals surface area contributed by atoms with Crippen LogP contribution >= 0.6 is 11.3 Å². The molecule has 0 saturated heterocycles. The Bertz CT molecular complexity index is 569. The number of nitrogen functional groups attached to an aromatic ring is 1. The Kier molecular flexibility index (Phi) is 2.91. The molecule has 4 fully saturated rings. The molecule has 3 N–H and O–H groups in total. The monoisotopic (exact) mass is 305 g/mol. The Morgan fingerprint density at radius 3 is 2.19 bits per heavy atom. The summed E-state index contributed by atoms with van der Waals surface area (Å²) in [6.07, 6.45) is 8.89. The number of hydrogen-bond donors (Lipinski definition) is 2. The predicted octanol–water partition coefficient (Wildman–Crippen LogP) is 4.06. The molecule has 4 saturated carbocycles. The van der Waals surface area contributed by atoms with Crippen LogP contribution in [0, 0.1) is 17.8 Å². The van der Waals surface area contributed by atoms with Gasteiger partial charge in [0.05, 0.1) is 5.69 Å². The average molecular weight is 305 g/mol. The van der Waals surface area contributed by atoms with Crippen LogP contribution in [0.25, 0.3) is 0 Å². The molecular weight excluding hydrogens is 282 g/mol. The minimum atomic E-state index is -0.858. The number of carboxylic acids is 1. The van der Waals surface area contributed by atoms with Crippen LogP contribution in [0.4, 0.5) is 5.69 Å². The maximum absolute atomic E-state index is 11.5. The molecule has 4 aliphatic carbocycles. The largest absolute Gasteiger partial charge is 0.477 e. The van der Waals surface area contributed by atoms with Crippen molar-refractivity contribution in [3.63, 3.8) is 0 Å². The van der Waals surface area contributed by atoms with Crippen molar-refractivity contribution in [3.05, 3.63) is 15.3 Å². The molecule has 114 valence electrons. The number of anilines is 1.